The molecular weight excluding hydrogens is 222 g/mol. The van der Waals surface area contributed by atoms with E-state index in [2.05, 4.69) is 16.6 Å². The first-order valence-corrected chi connectivity index (χ1v) is 6.77. The molecule has 0 spiro atoms. The molecule has 2 rings (SSSR count). The predicted molar refractivity (Wildman–Crippen MR) is 67.6 cm³/mol. The molecule has 88 valence electrons. The lowest BCUT2D eigenvalue weighted by Gasteiger charge is -2.18. The minimum atomic E-state index is -0.0531. The molecule has 2 atom stereocenters. The summed E-state index contributed by atoms with van der Waals surface area (Å²) < 4.78 is 0. The Labute approximate surface area is 99.4 Å². The summed E-state index contributed by atoms with van der Waals surface area (Å²) >= 11 is 1.83. The van der Waals surface area contributed by atoms with E-state index in [1.165, 1.54) is 12.8 Å². The summed E-state index contributed by atoms with van der Waals surface area (Å²) in [5.41, 5.74) is 6.70. The molecular formula is C11H17N3OS. The maximum Gasteiger partial charge on any atom is 0.268 e. The SMILES string of the molecule is CSC1CCCC1NC(=O)c1cc(N)c[nH]1. The number of carbonyl (C=O) groups is 1. The quantitative estimate of drug-likeness (QED) is 0.750. The summed E-state index contributed by atoms with van der Waals surface area (Å²) in [6, 6.07) is 1.96. The van der Waals surface area contributed by atoms with E-state index in [0.717, 1.165) is 6.42 Å². The number of nitrogen functional groups attached to an aromatic ring is 1. The number of rotatable bonds is 3. The third-order valence-electron chi connectivity index (χ3n) is 3.02. The fourth-order valence-electron chi connectivity index (χ4n) is 2.16. The molecule has 4 N–H and O–H groups in total. The Kier molecular flexibility index (Phi) is 3.43. The third kappa shape index (κ3) is 2.35. The molecule has 1 amide bonds. The van der Waals surface area contributed by atoms with Crippen molar-refractivity contribution in [3.63, 3.8) is 0 Å². The number of nitrogens with one attached hydrogen (secondary N) is 2. The van der Waals surface area contributed by atoms with E-state index in [9.17, 15) is 4.79 Å². The molecule has 1 aromatic rings. The van der Waals surface area contributed by atoms with Crippen LogP contribution in [0.25, 0.3) is 0 Å². The van der Waals surface area contributed by atoms with Gasteiger partial charge in [-0.3, -0.25) is 4.79 Å². The zero-order chi connectivity index (χ0) is 11.5. The second kappa shape index (κ2) is 4.82. The molecule has 16 heavy (non-hydrogen) atoms. The van der Waals surface area contributed by atoms with Gasteiger partial charge in [-0.25, -0.2) is 0 Å². The van der Waals surface area contributed by atoms with Crippen molar-refractivity contribution >= 4 is 23.4 Å². The molecule has 4 nitrogen and oxygen atoms in total. The van der Waals surface area contributed by atoms with Crippen molar-refractivity contribution in [2.75, 3.05) is 12.0 Å². The lowest BCUT2D eigenvalue weighted by atomic mass is 10.2. The Morgan fingerprint density at radius 3 is 3.06 bits per heavy atom. The lowest BCUT2D eigenvalue weighted by Crippen LogP contribution is -2.38. The van der Waals surface area contributed by atoms with Crippen molar-refractivity contribution in [3.05, 3.63) is 18.0 Å². The van der Waals surface area contributed by atoms with Crippen LogP contribution in [0.3, 0.4) is 0 Å². The number of amides is 1. The number of carbonyl (C=O) groups excluding carboxylic acids is 1. The van der Waals surface area contributed by atoms with Crippen molar-refractivity contribution in [2.45, 2.75) is 30.6 Å². The topological polar surface area (TPSA) is 70.9 Å². The van der Waals surface area contributed by atoms with Gasteiger partial charge in [-0.15, -0.1) is 0 Å². The van der Waals surface area contributed by atoms with Crippen LogP contribution < -0.4 is 11.1 Å². The van der Waals surface area contributed by atoms with Crippen LogP contribution in [0.15, 0.2) is 12.3 Å². The Bertz CT molecular complexity index is 377. The van der Waals surface area contributed by atoms with Gasteiger partial charge in [0.1, 0.15) is 5.69 Å². The number of aromatic amines is 1. The van der Waals surface area contributed by atoms with Crippen molar-refractivity contribution in [3.8, 4) is 0 Å². The van der Waals surface area contributed by atoms with Crippen LogP contribution in [0.1, 0.15) is 29.8 Å². The smallest absolute Gasteiger partial charge is 0.268 e. The van der Waals surface area contributed by atoms with E-state index in [1.807, 2.05) is 11.8 Å². The molecule has 1 saturated carbocycles. The van der Waals surface area contributed by atoms with Crippen LogP contribution in [0.4, 0.5) is 5.69 Å². The van der Waals surface area contributed by atoms with Gasteiger partial charge in [0.25, 0.3) is 5.91 Å². The van der Waals surface area contributed by atoms with Crippen molar-refractivity contribution < 1.29 is 4.79 Å². The zero-order valence-electron chi connectivity index (χ0n) is 9.32. The van der Waals surface area contributed by atoms with E-state index in [4.69, 9.17) is 5.73 Å². The molecule has 5 heteroatoms. The second-order valence-corrected chi connectivity index (χ2v) is 5.21. The van der Waals surface area contributed by atoms with Gasteiger partial charge in [-0.2, -0.15) is 11.8 Å². The standard InChI is InChI=1S/C11H17N3OS/c1-16-10-4-2-3-8(10)14-11(15)9-5-7(12)6-13-9/h5-6,8,10,13H,2-4,12H2,1H3,(H,14,15). The molecule has 2 unspecified atom stereocenters. The molecule has 0 radical (unpaired) electrons. The van der Waals surface area contributed by atoms with E-state index < -0.39 is 0 Å². The maximum atomic E-state index is 11.9. The monoisotopic (exact) mass is 239 g/mol. The fraction of sp³-hybridized carbons (Fsp3) is 0.545. The molecule has 1 aliphatic carbocycles. The highest BCUT2D eigenvalue weighted by Gasteiger charge is 2.28. The lowest BCUT2D eigenvalue weighted by molar-refractivity contribution is 0.0934. The summed E-state index contributed by atoms with van der Waals surface area (Å²) in [6.07, 6.45) is 7.20. The van der Waals surface area contributed by atoms with Gasteiger partial charge in [0.15, 0.2) is 0 Å². The number of aromatic nitrogens is 1. The summed E-state index contributed by atoms with van der Waals surface area (Å²) in [5, 5.41) is 3.62. The fourth-order valence-corrected chi connectivity index (χ4v) is 3.10. The highest BCUT2D eigenvalue weighted by atomic mass is 32.2. The van der Waals surface area contributed by atoms with E-state index in [1.54, 1.807) is 12.3 Å². The Morgan fingerprint density at radius 1 is 1.62 bits per heavy atom. The van der Waals surface area contributed by atoms with E-state index in [-0.39, 0.29) is 5.91 Å². The van der Waals surface area contributed by atoms with Crippen LogP contribution >= 0.6 is 11.8 Å². The average Bonchev–Trinajstić information content (AvgIpc) is 2.86. The van der Waals surface area contributed by atoms with Gasteiger partial charge >= 0.3 is 0 Å². The molecule has 0 saturated heterocycles. The van der Waals surface area contributed by atoms with Crippen LogP contribution in [0, 0.1) is 0 Å². The Hall–Kier alpha value is -1.10. The maximum absolute atomic E-state index is 11.9. The van der Waals surface area contributed by atoms with Gasteiger partial charge in [0.05, 0.1) is 0 Å². The number of anilines is 1. The summed E-state index contributed by atoms with van der Waals surface area (Å²) in [7, 11) is 0. The van der Waals surface area contributed by atoms with Gasteiger partial charge < -0.3 is 16.0 Å². The average molecular weight is 239 g/mol. The zero-order valence-corrected chi connectivity index (χ0v) is 10.1. The normalized spacial score (nSPS) is 24.6. The number of hydrogen-bond donors (Lipinski definition) is 3. The Morgan fingerprint density at radius 2 is 2.44 bits per heavy atom. The first kappa shape index (κ1) is 11.4. The molecule has 1 aromatic heterocycles. The van der Waals surface area contributed by atoms with Crippen molar-refractivity contribution in [1.82, 2.24) is 10.3 Å². The molecule has 1 heterocycles. The van der Waals surface area contributed by atoms with Crippen LogP contribution in [0.2, 0.25) is 0 Å². The van der Waals surface area contributed by atoms with Gasteiger partial charge in [0, 0.05) is 23.2 Å². The van der Waals surface area contributed by atoms with Crippen molar-refractivity contribution in [2.24, 2.45) is 0 Å². The van der Waals surface area contributed by atoms with Crippen LogP contribution in [-0.4, -0.2) is 28.4 Å². The Balaban J connectivity index is 1.97. The minimum Gasteiger partial charge on any atom is -0.397 e. The molecule has 0 aliphatic heterocycles. The predicted octanol–water partition coefficient (Wildman–Crippen LogP) is 1.61. The number of nitrogens with two attached hydrogens (primary N) is 1. The van der Waals surface area contributed by atoms with Crippen molar-refractivity contribution in [1.29, 1.82) is 0 Å². The summed E-state index contributed by atoms with van der Waals surface area (Å²) in [4.78, 5) is 14.7. The van der Waals surface area contributed by atoms with Gasteiger partial charge in [0.2, 0.25) is 0 Å². The molecule has 1 aliphatic rings. The molecule has 1 fully saturated rings. The van der Waals surface area contributed by atoms with E-state index >= 15 is 0 Å². The first-order valence-electron chi connectivity index (χ1n) is 5.48. The number of thioether (sulfide) groups is 1. The molecule has 0 aromatic carbocycles. The van der Waals surface area contributed by atoms with Gasteiger partial charge in [-0.05, 0) is 25.2 Å². The largest absolute Gasteiger partial charge is 0.397 e. The second-order valence-electron chi connectivity index (χ2n) is 4.13. The minimum absolute atomic E-state index is 0.0531. The number of hydrogen-bond acceptors (Lipinski definition) is 3. The first-order chi connectivity index (χ1) is 7.70. The number of H-pyrrole nitrogens is 1. The summed E-state index contributed by atoms with van der Waals surface area (Å²) in [6.45, 7) is 0. The highest BCUT2D eigenvalue weighted by molar-refractivity contribution is 7.99. The molecule has 0 bridgehead atoms. The summed E-state index contributed by atoms with van der Waals surface area (Å²) in [5.74, 6) is -0.0531. The highest BCUT2D eigenvalue weighted by Crippen LogP contribution is 2.28. The van der Waals surface area contributed by atoms with Crippen LogP contribution in [-0.2, 0) is 0 Å². The third-order valence-corrected chi connectivity index (χ3v) is 4.19. The van der Waals surface area contributed by atoms with Gasteiger partial charge in [-0.1, -0.05) is 6.42 Å². The van der Waals surface area contributed by atoms with E-state index in [0.29, 0.717) is 22.7 Å². The van der Waals surface area contributed by atoms with Crippen LogP contribution in [0.5, 0.6) is 0 Å².